The molecule has 0 aliphatic carbocycles. The van der Waals surface area contributed by atoms with Crippen LogP contribution in [0.15, 0.2) is 12.1 Å². The molecule has 0 saturated carbocycles. The summed E-state index contributed by atoms with van der Waals surface area (Å²) in [5.41, 5.74) is 2.21. The third-order valence-corrected chi connectivity index (χ3v) is 2.80. The predicted octanol–water partition coefficient (Wildman–Crippen LogP) is 2.96. The van der Waals surface area contributed by atoms with Gasteiger partial charge in [0.25, 0.3) is 0 Å². The predicted molar refractivity (Wildman–Crippen MR) is 68.0 cm³/mol. The maximum absolute atomic E-state index is 10.5. The van der Waals surface area contributed by atoms with Crippen molar-refractivity contribution in [2.45, 2.75) is 32.6 Å². The summed E-state index contributed by atoms with van der Waals surface area (Å²) in [6.07, 6.45) is 2.13. The van der Waals surface area contributed by atoms with E-state index in [1.54, 1.807) is 14.2 Å². The summed E-state index contributed by atoms with van der Waals surface area (Å²) in [6, 6.07) is 3.81. The lowest BCUT2D eigenvalue weighted by Crippen LogP contribution is -2.03. The Hall–Kier alpha value is -1.51. The van der Waals surface area contributed by atoms with Crippen LogP contribution >= 0.6 is 0 Å². The number of methoxy groups -OCH3 is 2. The van der Waals surface area contributed by atoms with Gasteiger partial charge in [0.2, 0.25) is 0 Å². The lowest BCUT2D eigenvalue weighted by Gasteiger charge is -2.19. The van der Waals surface area contributed by atoms with E-state index in [0.29, 0.717) is 18.8 Å². The van der Waals surface area contributed by atoms with Gasteiger partial charge in [-0.05, 0) is 24.5 Å². The Balaban J connectivity index is 3.29. The molecule has 0 aromatic heterocycles. The molecule has 0 saturated heterocycles. The normalized spacial score (nSPS) is 10.4. The molecule has 0 atom stereocenters. The Morgan fingerprint density at radius 2 is 1.76 bits per heavy atom. The maximum atomic E-state index is 10.5. The van der Waals surface area contributed by atoms with Gasteiger partial charge in [-0.2, -0.15) is 0 Å². The monoisotopic (exact) mass is 236 g/mol. The second kappa shape index (κ2) is 6.28. The highest BCUT2D eigenvalue weighted by molar-refractivity contribution is 5.55. The number of benzene rings is 1. The van der Waals surface area contributed by atoms with E-state index in [1.165, 1.54) is 0 Å². The van der Waals surface area contributed by atoms with Crippen molar-refractivity contribution in [1.82, 2.24) is 0 Å². The molecule has 0 aliphatic rings. The first kappa shape index (κ1) is 13.6. The number of aldehydes is 1. The van der Waals surface area contributed by atoms with Crippen LogP contribution in [0.25, 0.3) is 0 Å². The molecule has 1 rings (SSSR count). The molecule has 17 heavy (non-hydrogen) atoms. The van der Waals surface area contributed by atoms with Gasteiger partial charge in [0.05, 0.1) is 14.2 Å². The molecule has 0 heterocycles. The topological polar surface area (TPSA) is 35.5 Å². The Morgan fingerprint density at radius 3 is 2.24 bits per heavy atom. The van der Waals surface area contributed by atoms with E-state index in [0.717, 1.165) is 28.9 Å². The fourth-order valence-electron chi connectivity index (χ4n) is 2.09. The van der Waals surface area contributed by atoms with Gasteiger partial charge in [0, 0.05) is 17.5 Å². The van der Waals surface area contributed by atoms with Crippen molar-refractivity contribution in [2.75, 3.05) is 14.2 Å². The molecule has 0 fully saturated rings. The minimum absolute atomic E-state index is 0.335. The Kier molecular flexibility index (Phi) is 5.01. The third kappa shape index (κ3) is 2.99. The summed E-state index contributed by atoms with van der Waals surface area (Å²) in [6.45, 7) is 4.23. The highest BCUT2D eigenvalue weighted by Gasteiger charge is 2.16. The van der Waals surface area contributed by atoms with Gasteiger partial charge < -0.3 is 14.3 Å². The zero-order valence-electron chi connectivity index (χ0n) is 10.9. The van der Waals surface area contributed by atoms with E-state index < -0.39 is 0 Å². The molecule has 0 bridgehead atoms. The number of carbonyl (C=O) groups is 1. The van der Waals surface area contributed by atoms with Crippen molar-refractivity contribution in [3.05, 3.63) is 23.3 Å². The molecule has 0 aliphatic heterocycles. The van der Waals surface area contributed by atoms with Gasteiger partial charge >= 0.3 is 0 Å². The van der Waals surface area contributed by atoms with E-state index in [-0.39, 0.29) is 0 Å². The van der Waals surface area contributed by atoms with Crippen LogP contribution in [-0.2, 0) is 11.2 Å². The summed E-state index contributed by atoms with van der Waals surface area (Å²) in [4.78, 5) is 10.5. The molecule has 3 nitrogen and oxygen atoms in total. The molecule has 1 aromatic rings. The molecular formula is C14H20O3. The van der Waals surface area contributed by atoms with Gasteiger partial charge in [-0.3, -0.25) is 0 Å². The number of hydrogen-bond acceptors (Lipinski definition) is 3. The van der Waals surface area contributed by atoms with Crippen LogP contribution in [-0.4, -0.2) is 20.5 Å². The fourth-order valence-corrected chi connectivity index (χ4v) is 2.09. The zero-order chi connectivity index (χ0) is 12.8. The molecule has 0 spiro atoms. The Morgan fingerprint density at radius 1 is 1.18 bits per heavy atom. The standard InChI is InChI=1S/C14H20O3/c1-10(2)14-11(6-5-9-15)12(16-3)7-8-13(14)17-4/h7-10H,5-6H2,1-4H3. The van der Waals surface area contributed by atoms with Crippen molar-refractivity contribution in [3.8, 4) is 11.5 Å². The summed E-state index contributed by atoms with van der Waals surface area (Å²) < 4.78 is 10.7. The summed E-state index contributed by atoms with van der Waals surface area (Å²) in [5.74, 6) is 2.03. The van der Waals surface area contributed by atoms with Crippen LogP contribution in [0, 0.1) is 0 Å². The van der Waals surface area contributed by atoms with Gasteiger partial charge in [-0.25, -0.2) is 0 Å². The van der Waals surface area contributed by atoms with Gasteiger partial charge in [-0.1, -0.05) is 13.8 Å². The van der Waals surface area contributed by atoms with Crippen molar-refractivity contribution in [1.29, 1.82) is 0 Å². The average Bonchev–Trinajstić information content (AvgIpc) is 2.34. The van der Waals surface area contributed by atoms with Crippen LogP contribution in [0.2, 0.25) is 0 Å². The minimum atomic E-state index is 0.335. The van der Waals surface area contributed by atoms with Crippen molar-refractivity contribution in [2.24, 2.45) is 0 Å². The van der Waals surface area contributed by atoms with E-state index in [1.807, 2.05) is 12.1 Å². The lowest BCUT2D eigenvalue weighted by molar-refractivity contribution is -0.107. The van der Waals surface area contributed by atoms with Crippen molar-refractivity contribution in [3.63, 3.8) is 0 Å². The van der Waals surface area contributed by atoms with E-state index in [4.69, 9.17) is 9.47 Å². The quantitative estimate of drug-likeness (QED) is 0.712. The van der Waals surface area contributed by atoms with Crippen molar-refractivity contribution >= 4 is 6.29 Å². The van der Waals surface area contributed by atoms with E-state index in [9.17, 15) is 4.79 Å². The van der Waals surface area contributed by atoms with Crippen LogP contribution in [0.3, 0.4) is 0 Å². The molecule has 94 valence electrons. The van der Waals surface area contributed by atoms with Crippen LogP contribution in [0.5, 0.6) is 11.5 Å². The number of ether oxygens (including phenoxy) is 2. The first-order chi connectivity index (χ1) is 8.15. The van der Waals surface area contributed by atoms with Crippen LogP contribution < -0.4 is 9.47 Å². The summed E-state index contributed by atoms with van der Waals surface area (Å²) in [5, 5.41) is 0. The molecule has 0 N–H and O–H groups in total. The second-order valence-electron chi connectivity index (χ2n) is 4.22. The minimum Gasteiger partial charge on any atom is -0.496 e. The first-order valence-electron chi connectivity index (χ1n) is 5.83. The van der Waals surface area contributed by atoms with Crippen LogP contribution in [0.4, 0.5) is 0 Å². The van der Waals surface area contributed by atoms with Crippen molar-refractivity contribution < 1.29 is 14.3 Å². The Labute approximate surface area is 103 Å². The lowest BCUT2D eigenvalue weighted by atomic mass is 9.92. The molecule has 0 radical (unpaired) electrons. The summed E-state index contributed by atoms with van der Waals surface area (Å²) in [7, 11) is 3.31. The molecule has 3 heteroatoms. The third-order valence-electron chi connectivity index (χ3n) is 2.80. The average molecular weight is 236 g/mol. The van der Waals surface area contributed by atoms with Gasteiger partial charge in [0.15, 0.2) is 0 Å². The van der Waals surface area contributed by atoms with Gasteiger partial charge in [-0.15, -0.1) is 0 Å². The SMILES string of the molecule is COc1ccc(OC)c(C(C)C)c1CCC=O. The zero-order valence-corrected chi connectivity index (χ0v) is 10.9. The smallest absolute Gasteiger partial charge is 0.122 e. The molecule has 0 amide bonds. The number of rotatable bonds is 6. The van der Waals surface area contributed by atoms with Gasteiger partial charge in [0.1, 0.15) is 17.8 Å². The molecule has 0 unspecified atom stereocenters. The highest BCUT2D eigenvalue weighted by Crippen LogP contribution is 2.36. The molecule has 1 aromatic carbocycles. The maximum Gasteiger partial charge on any atom is 0.122 e. The van der Waals surface area contributed by atoms with E-state index in [2.05, 4.69) is 13.8 Å². The Bertz CT molecular complexity index is 383. The second-order valence-corrected chi connectivity index (χ2v) is 4.22. The van der Waals surface area contributed by atoms with E-state index >= 15 is 0 Å². The van der Waals surface area contributed by atoms with Crippen LogP contribution in [0.1, 0.15) is 37.3 Å². The summed E-state index contributed by atoms with van der Waals surface area (Å²) >= 11 is 0. The number of carbonyl (C=O) groups excluding carboxylic acids is 1. The highest BCUT2D eigenvalue weighted by atomic mass is 16.5. The largest absolute Gasteiger partial charge is 0.496 e. The molecular weight excluding hydrogens is 216 g/mol. The number of hydrogen-bond donors (Lipinski definition) is 0. The first-order valence-corrected chi connectivity index (χ1v) is 5.83. The fraction of sp³-hybridized carbons (Fsp3) is 0.500.